The standard InChI is InChI=1S/C14H13ClN2O2/c1-9-16-8-11(4-7-13(18)19)14(17-9)10-2-5-12(15)6-3-10/h2-3,5-6,8H,4,7H2,1H3,(H,18,19). The van der Waals surface area contributed by atoms with Crippen molar-refractivity contribution in [2.75, 3.05) is 0 Å². The van der Waals surface area contributed by atoms with Gasteiger partial charge in [0.05, 0.1) is 5.69 Å². The van der Waals surface area contributed by atoms with E-state index in [0.29, 0.717) is 17.3 Å². The molecule has 1 heterocycles. The number of carbonyl (C=O) groups is 1. The highest BCUT2D eigenvalue weighted by atomic mass is 35.5. The Kier molecular flexibility index (Phi) is 4.12. The molecule has 0 spiro atoms. The average molecular weight is 277 g/mol. The molecule has 4 nitrogen and oxygen atoms in total. The molecule has 0 bridgehead atoms. The van der Waals surface area contributed by atoms with E-state index in [9.17, 15) is 4.79 Å². The Morgan fingerprint density at radius 2 is 2.00 bits per heavy atom. The van der Waals surface area contributed by atoms with Crippen LogP contribution in [0.15, 0.2) is 30.5 Å². The summed E-state index contributed by atoms with van der Waals surface area (Å²) >= 11 is 5.86. The molecule has 0 radical (unpaired) electrons. The molecule has 98 valence electrons. The van der Waals surface area contributed by atoms with Crippen LogP contribution in [0, 0.1) is 6.92 Å². The van der Waals surface area contributed by atoms with Gasteiger partial charge >= 0.3 is 5.97 Å². The Labute approximate surface area is 116 Å². The lowest BCUT2D eigenvalue weighted by molar-refractivity contribution is -0.136. The molecule has 0 unspecified atom stereocenters. The van der Waals surface area contributed by atoms with Crippen LogP contribution in [0.4, 0.5) is 0 Å². The summed E-state index contributed by atoms with van der Waals surface area (Å²) in [5.74, 6) is -0.174. The van der Waals surface area contributed by atoms with Gasteiger partial charge in [-0.15, -0.1) is 0 Å². The zero-order valence-corrected chi connectivity index (χ0v) is 11.2. The summed E-state index contributed by atoms with van der Waals surface area (Å²) in [6.45, 7) is 1.81. The molecule has 0 saturated carbocycles. The highest BCUT2D eigenvalue weighted by Crippen LogP contribution is 2.24. The van der Waals surface area contributed by atoms with E-state index in [2.05, 4.69) is 9.97 Å². The van der Waals surface area contributed by atoms with E-state index in [-0.39, 0.29) is 6.42 Å². The molecule has 0 amide bonds. The zero-order valence-electron chi connectivity index (χ0n) is 10.4. The summed E-state index contributed by atoms with van der Waals surface area (Å²) in [6.07, 6.45) is 2.16. The molecular weight excluding hydrogens is 264 g/mol. The molecule has 2 aromatic rings. The summed E-state index contributed by atoms with van der Waals surface area (Å²) < 4.78 is 0. The van der Waals surface area contributed by atoms with Crippen molar-refractivity contribution < 1.29 is 9.90 Å². The maximum Gasteiger partial charge on any atom is 0.303 e. The number of hydrogen-bond donors (Lipinski definition) is 1. The highest BCUT2D eigenvalue weighted by Gasteiger charge is 2.10. The minimum Gasteiger partial charge on any atom is -0.481 e. The van der Waals surface area contributed by atoms with Gasteiger partial charge in [-0.2, -0.15) is 0 Å². The van der Waals surface area contributed by atoms with Gasteiger partial charge < -0.3 is 5.11 Å². The first-order valence-corrected chi connectivity index (χ1v) is 6.24. The molecular formula is C14H13ClN2O2. The number of benzene rings is 1. The molecule has 0 aliphatic rings. The summed E-state index contributed by atoms with van der Waals surface area (Å²) in [7, 11) is 0. The van der Waals surface area contributed by atoms with E-state index in [0.717, 1.165) is 16.8 Å². The summed E-state index contributed by atoms with van der Waals surface area (Å²) in [5, 5.41) is 9.42. The number of carboxylic acids is 1. The average Bonchev–Trinajstić information content (AvgIpc) is 2.38. The molecule has 0 atom stereocenters. The van der Waals surface area contributed by atoms with Gasteiger partial charge in [0.1, 0.15) is 5.82 Å². The molecule has 0 saturated heterocycles. The van der Waals surface area contributed by atoms with Crippen molar-refractivity contribution in [3.8, 4) is 11.3 Å². The van der Waals surface area contributed by atoms with Crippen molar-refractivity contribution in [2.45, 2.75) is 19.8 Å². The van der Waals surface area contributed by atoms with Crippen molar-refractivity contribution in [3.63, 3.8) is 0 Å². The van der Waals surface area contributed by atoms with E-state index in [4.69, 9.17) is 16.7 Å². The van der Waals surface area contributed by atoms with Crippen molar-refractivity contribution in [3.05, 3.63) is 46.9 Å². The first kappa shape index (κ1) is 13.5. The summed E-state index contributed by atoms with van der Waals surface area (Å²) in [5.41, 5.74) is 2.51. The lowest BCUT2D eigenvalue weighted by Gasteiger charge is -2.08. The van der Waals surface area contributed by atoms with Gasteiger partial charge in [-0.25, -0.2) is 9.97 Å². The van der Waals surface area contributed by atoms with Crippen molar-refractivity contribution >= 4 is 17.6 Å². The normalized spacial score (nSPS) is 10.4. The Morgan fingerprint density at radius 1 is 1.32 bits per heavy atom. The largest absolute Gasteiger partial charge is 0.481 e. The molecule has 1 aromatic carbocycles. The maximum atomic E-state index is 10.7. The van der Waals surface area contributed by atoms with Crippen LogP contribution in [-0.4, -0.2) is 21.0 Å². The Bertz CT molecular complexity index is 597. The van der Waals surface area contributed by atoms with E-state index in [1.807, 2.05) is 12.1 Å². The molecule has 0 aliphatic heterocycles. The third-order valence-electron chi connectivity index (χ3n) is 2.71. The fraction of sp³-hybridized carbons (Fsp3) is 0.214. The van der Waals surface area contributed by atoms with Gasteiger partial charge in [0.2, 0.25) is 0 Å². The van der Waals surface area contributed by atoms with Crippen LogP contribution < -0.4 is 0 Å². The number of halogens is 1. The van der Waals surface area contributed by atoms with Gasteiger partial charge in [-0.1, -0.05) is 23.7 Å². The van der Waals surface area contributed by atoms with Crippen LogP contribution in [0.1, 0.15) is 17.8 Å². The van der Waals surface area contributed by atoms with Crippen LogP contribution in [-0.2, 0) is 11.2 Å². The van der Waals surface area contributed by atoms with E-state index < -0.39 is 5.97 Å². The topological polar surface area (TPSA) is 63.1 Å². The Morgan fingerprint density at radius 3 is 2.63 bits per heavy atom. The van der Waals surface area contributed by atoms with Gasteiger partial charge in [0.15, 0.2) is 0 Å². The Hall–Kier alpha value is -1.94. The molecule has 0 aliphatic carbocycles. The van der Waals surface area contributed by atoms with Crippen molar-refractivity contribution in [2.24, 2.45) is 0 Å². The van der Waals surface area contributed by atoms with Gasteiger partial charge in [-0.3, -0.25) is 4.79 Å². The maximum absolute atomic E-state index is 10.7. The molecule has 1 aromatic heterocycles. The van der Waals surface area contributed by atoms with Crippen molar-refractivity contribution in [1.82, 2.24) is 9.97 Å². The zero-order chi connectivity index (χ0) is 13.8. The molecule has 0 fully saturated rings. The predicted octanol–water partition coefficient (Wildman–Crippen LogP) is 3.12. The number of aromatic nitrogens is 2. The number of hydrogen-bond acceptors (Lipinski definition) is 3. The van der Waals surface area contributed by atoms with Gasteiger partial charge in [0, 0.05) is 23.2 Å². The number of aryl methyl sites for hydroxylation is 2. The monoisotopic (exact) mass is 276 g/mol. The molecule has 19 heavy (non-hydrogen) atoms. The molecule has 2 rings (SSSR count). The summed E-state index contributed by atoms with van der Waals surface area (Å²) in [4.78, 5) is 19.2. The molecule has 1 N–H and O–H groups in total. The fourth-order valence-corrected chi connectivity index (χ4v) is 1.90. The first-order chi connectivity index (χ1) is 9.06. The number of rotatable bonds is 4. The van der Waals surface area contributed by atoms with Crippen LogP contribution >= 0.6 is 11.6 Å². The van der Waals surface area contributed by atoms with Crippen molar-refractivity contribution in [1.29, 1.82) is 0 Å². The quantitative estimate of drug-likeness (QED) is 0.932. The van der Waals surface area contributed by atoms with Gasteiger partial charge in [-0.05, 0) is 31.0 Å². The van der Waals surface area contributed by atoms with Crippen LogP contribution in [0.3, 0.4) is 0 Å². The first-order valence-electron chi connectivity index (χ1n) is 5.86. The van der Waals surface area contributed by atoms with E-state index >= 15 is 0 Å². The minimum atomic E-state index is -0.831. The fourth-order valence-electron chi connectivity index (χ4n) is 1.78. The third-order valence-corrected chi connectivity index (χ3v) is 2.96. The number of nitrogens with zero attached hydrogens (tertiary/aromatic N) is 2. The number of aliphatic carboxylic acids is 1. The summed E-state index contributed by atoms with van der Waals surface area (Å²) in [6, 6.07) is 7.31. The lowest BCUT2D eigenvalue weighted by Crippen LogP contribution is -2.02. The van der Waals surface area contributed by atoms with Crippen LogP contribution in [0.5, 0.6) is 0 Å². The smallest absolute Gasteiger partial charge is 0.303 e. The van der Waals surface area contributed by atoms with E-state index in [1.165, 1.54) is 0 Å². The second-order valence-corrected chi connectivity index (χ2v) is 4.63. The molecule has 5 heteroatoms. The lowest BCUT2D eigenvalue weighted by atomic mass is 10.0. The highest BCUT2D eigenvalue weighted by molar-refractivity contribution is 6.30. The predicted molar refractivity (Wildman–Crippen MR) is 73.2 cm³/mol. The van der Waals surface area contributed by atoms with Gasteiger partial charge in [0.25, 0.3) is 0 Å². The number of carboxylic acid groups (broad SMARTS) is 1. The second kappa shape index (κ2) is 5.80. The minimum absolute atomic E-state index is 0.0625. The SMILES string of the molecule is Cc1ncc(CCC(=O)O)c(-c2ccc(Cl)cc2)n1. The second-order valence-electron chi connectivity index (χ2n) is 4.19. The Balaban J connectivity index is 2.39. The van der Waals surface area contributed by atoms with Crippen LogP contribution in [0.25, 0.3) is 11.3 Å². The van der Waals surface area contributed by atoms with Crippen LogP contribution in [0.2, 0.25) is 5.02 Å². The van der Waals surface area contributed by atoms with E-state index in [1.54, 1.807) is 25.3 Å². The third kappa shape index (κ3) is 3.51.